The lowest BCUT2D eigenvalue weighted by molar-refractivity contribution is -0.205. The van der Waals surface area contributed by atoms with E-state index < -0.39 is 18.2 Å². The van der Waals surface area contributed by atoms with Crippen molar-refractivity contribution < 1.29 is 22.7 Å². The summed E-state index contributed by atoms with van der Waals surface area (Å²) in [4.78, 5) is 10.7. The highest BCUT2D eigenvalue weighted by atomic mass is 19.4. The second-order valence-corrected chi connectivity index (χ2v) is 4.84. The van der Waals surface area contributed by atoms with E-state index >= 15 is 0 Å². The first-order valence-corrected chi connectivity index (χ1v) is 7.19. The Morgan fingerprint density at radius 2 is 1.53 bits per heavy atom. The fourth-order valence-corrected chi connectivity index (χ4v) is 1.89. The number of unbranched alkanes of at least 4 members (excludes halogenated alkanes) is 6. The summed E-state index contributed by atoms with van der Waals surface area (Å²) in [5, 5.41) is 0. The lowest BCUT2D eigenvalue weighted by Crippen LogP contribution is -2.29. The molecule has 0 aromatic carbocycles. The van der Waals surface area contributed by atoms with Crippen LogP contribution in [-0.4, -0.2) is 18.2 Å². The molecule has 0 radical (unpaired) electrons. The van der Waals surface area contributed by atoms with Crippen LogP contribution in [0.4, 0.5) is 13.2 Å². The van der Waals surface area contributed by atoms with Gasteiger partial charge in [-0.05, 0) is 19.3 Å². The Hall–Kier alpha value is -0.740. The molecule has 114 valence electrons. The molecule has 0 amide bonds. The van der Waals surface area contributed by atoms with Crippen LogP contribution in [0.25, 0.3) is 0 Å². The molecular formula is C14H25F3O2. The van der Waals surface area contributed by atoms with Gasteiger partial charge in [0.05, 0.1) is 0 Å². The average Bonchev–Trinajstić information content (AvgIpc) is 2.34. The van der Waals surface area contributed by atoms with Crippen molar-refractivity contribution >= 4 is 5.97 Å². The molecule has 0 aliphatic heterocycles. The number of ether oxygens (including phenoxy) is 1. The second kappa shape index (κ2) is 10.1. The molecule has 0 rings (SSSR count). The third kappa shape index (κ3) is 9.79. The fourth-order valence-electron chi connectivity index (χ4n) is 1.89. The van der Waals surface area contributed by atoms with E-state index in [-0.39, 0.29) is 0 Å². The van der Waals surface area contributed by atoms with E-state index in [1.165, 1.54) is 25.7 Å². The van der Waals surface area contributed by atoms with Crippen LogP contribution in [0.15, 0.2) is 0 Å². The van der Waals surface area contributed by atoms with E-state index in [0.717, 1.165) is 19.3 Å². The summed E-state index contributed by atoms with van der Waals surface area (Å²) in [5.74, 6) is -2.07. The van der Waals surface area contributed by atoms with Crippen LogP contribution in [0.2, 0.25) is 0 Å². The fraction of sp³-hybridized carbons (Fsp3) is 0.929. The Morgan fingerprint density at radius 1 is 1.00 bits per heavy atom. The van der Waals surface area contributed by atoms with Gasteiger partial charge in [-0.1, -0.05) is 52.4 Å². The Morgan fingerprint density at radius 3 is 2.00 bits per heavy atom. The molecule has 0 N–H and O–H groups in total. The number of carbonyl (C=O) groups is 1. The normalized spacial score (nSPS) is 13.3. The van der Waals surface area contributed by atoms with Gasteiger partial charge in [-0.2, -0.15) is 13.2 Å². The van der Waals surface area contributed by atoms with Crippen LogP contribution in [-0.2, 0) is 9.53 Å². The lowest BCUT2D eigenvalue weighted by Gasteiger charge is -2.17. The molecular weight excluding hydrogens is 257 g/mol. The van der Waals surface area contributed by atoms with Gasteiger partial charge < -0.3 is 4.74 Å². The average molecular weight is 282 g/mol. The molecule has 2 nitrogen and oxygen atoms in total. The van der Waals surface area contributed by atoms with Crippen LogP contribution >= 0.6 is 0 Å². The van der Waals surface area contributed by atoms with Crippen molar-refractivity contribution in [2.45, 2.75) is 83.9 Å². The predicted octanol–water partition coefficient (Wildman–Crippen LogP) is 5.01. The Bertz CT molecular complexity index is 239. The first-order valence-electron chi connectivity index (χ1n) is 7.19. The topological polar surface area (TPSA) is 26.3 Å². The number of halogens is 3. The van der Waals surface area contributed by atoms with Crippen LogP contribution < -0.4 is 0 Å². The molecule has 0 aromatic heterocycles. The molecule has 0 aliphatic carbocycles. The summed E-state index contributed by atoms with van der Waals surface area (Å²) in [6, 6.07) is 0. The Kier molecular flexibility index (Phi) is 9.70. The number of esters is 1. The van der Waals surface area contributed by atoms with Gasteiger partial charge in [0.15, 0.2) is 0 Å². The van der Waals surface area contributed by atoms with Crippen molar-refractivity contribution in [3.05, 3.63) is 0 Å². The second-order valence-electron chi connectivity index (χ2n) is 4.84. The van der Waals surface area contributed by atoms with Gasteiger partial charge in [-0.25, -0.2) is 4.79 Å². The van der Waals surface area contributed by atoms with Gasteiger partial charge in [-0.15, -0.1) is 0 Å². The first kappa shape index (κ1) is 18.3. The maximum absolute atomic E-state index is 12.0. The molecule has 0 saturated carbocycles. The number of carbonyl (C=O) groups excluding carboxylic acids is 1. The third-order valence-corrected chi connectivity index (χ3v) is 3.09. The molecule has 0 fully saturated rings. The van der Waals surface area contributed by atoms with Gasteiger partial charge in [0.2, 0.25) is 0 Å². The summed E-state index contributed by atoms with van der Waals surface area (Å²) < 4.78 is 40.5. The standard InChI is InChI=1S/C14H25F3O2/c1-3-5-6-7-8-9-10-11-12(4-2)19-13(18)14(15,16)17/h12H,3-11H2,1-2H3. The maximum Gasteiger partial charge on any atom is 0.490 e. The number of alkyl halides is 3. The minimum Gasteiger partial charge on any atom is -0.456 e. The molecule has 0 saturated heterocycles. The Balaban J connectivity index is 3.68. The molecule has 0 heterocycles. The van der Waals surface area contributed by atoms with Crippen molar-refractivity contribution in [1.29, 1.82) is 0 Å². The summed E-state index contributed by atoms with van der Waals surface area (Å²) in [5.41, 5.74) is 0. The highest BCUT2D eigenvalue weighted by molar-refractivity contribution is 5.75. The van der Waals surface area contributed by atoms with Crippen LogP contribution in [0.1, 0.15) is 71.6 Å². The van der Waals surface area contributed by atoms with Crippen molar-refractivity contribution in [2.24, 2.45) is 0 Å². The number of rotatable bonds is 10. The predicted molar refractivity (Wildman–Crippen MR) is 68.8 cm³/mol. The monoisotopic (exact) mass is 282 g/mol. The molecule has 1 unspecified atom stereocenters. The van der Waals surface area contributed by atoms with Crippen molar-refractivity contribution in [3.8, 4) is 0 Å². The molecule has 0 aliphatic rings. The van der Waals surface area contributed by atoms with E-state index in [2.05, 4.69) is 11.7 Å². The molecule has 19 heavy (non-hydrogen) atoms. The van der Waals surface area contributed by atoms with Crippen molar-refractivity contribution in [1.82, 2.24) is 0 Å². The first-order chi connectivity index (χ1) is 8.91. The Labute approximate surface area is 113 Å². The van der Waals surface area contributed by atoms with E-state index in [9.17, 15) is 18.0 Å². The van der Waals surface area contributed by atoms with E-state index in [4.69, 9.17) is 0 Å². The third-order valence-electron chi connectivity index (χ3n) is 3.09. The lowest BCUT2D eigenvalue weighted by atomic mass is 10.1. The summed E-state index contributed by atoms with van der Waals surface area (Å²) in [6.45, 7) is 3.89. The molecule has 0 bridgehead atoms. The van der Waals surface area contributed by atoms with E-state index in [1.54, 1.807) is 6.92 Å². The number of hydrogen-bond acceptors (Lipinski definition) is 2. The molecule has 0 spiro atoms. The van der Waals surface area contributed by atoms with Crippen LogP contribution in [0, 0.1) is 0 Å². The van der Waals surface area contributed by atoms with Crippen molar-refractivity contribution in [2.75, 3.05) is 0 Å². The zero-order chi connectivity index (χ0) is 14.7. The summed E-state index contributed by atoms with van der Waals surface area (Å²) in [7, 11) is 0. The zero-order valence-electron chi connectivity index (χ0n) is 11.9. The van der Waals surface area contributed by atoms with Gasteiger partial charge >= 0.3 is 12.1 Å². The van der Waals surface area contributed by atoms with E-state index in [1.807, 2.05) is 0 Å². The number of hydrogen-bond donors (Lipinski definition) is 0. The minimum atomic E-state index is -4.88. The zero-order valence-corrected chi connectivity index (χ0v) is 11.9. The van der Waals surface area contributed by atoms with Crippen molar-refractivity contribution in [3.63, 3.8) is 0 Å². The largest absolute Gasteiger partial charge is 0.490 e. The maximum atomic E-state index is 12.0. The smallest absolute Gasteiger partial charge is 0.456 e. The molecule has 0 aromatic rings. The van der Waals surface area contributed by atoms with Gasteiger partial charge in [0, 0.05) is 0 Å². The SMILES string of the molecule is CCCCCCCCCC(CC)OC(=O)C(F)(F)F. The van der Waals surface area contributed by atoms with E-state index in [0.29, 0.717) is 12.8 Å². The highest BCUT2D eigenvalue weighted by Gasteiger charge is 2.41. The van der Waals surface area contributed by atoms with Gasteiger partial charge in [0.25, 0.3) is 0 Å². The summed E-state index contributed by atoms with van der Waals surface area (Å²) in [6.07, 6.45) is 3.20. The summed E-state index contributed by atoms with van der Waals surface area (Å²) >= 11 is 0. The van der Waals surface area contributed by atoms with Gasteiger partial charge in [-0.3, -0.25) is 0 Å². The van der Waals surface area contributed by atoms with Crippen LogP contribution in [0.3, 0.4) is 0 Å². The van der Waals surface area contributed by atoms with Gasteiger partial charge in [0.1, 0.15) is 6.10 Å². The highest BCUT2D eigenvalue weighted by Crippen LogP contribution is 2.20. The molecule has 5 heteroatoms. The minimum absolute atomic E-state index is 0.428. The molecule has 1 atom stereocenters. The quantitative estimate of drug-likeness (QED) is 0.416. The van der Waals surface area contributed by atoms with Crippen LogP contribution in [0.5, 0.6) is 0 Å².